The number of rotatable bonds is 6. The summed E-state index contributed by atoms with van der Waals surface area (Å²) < 4.78 is 6.29. The van der Waals surface area contributed by atoms with Crippen molar-refractivity contribution < 1.29 is 4.74 Å². The largest absolute Gasteiger partial charge is 0.368 e. The van der Waals surface area contributed by atoms with Gasteiger partial charge in [0.05, 0.1) is 16.7 Å². The Bertz CT molecular complexity index is 270. The maximum Gasteiger partial charge on any atom is 0.0830 e. The van der Waals surface area contributed by atoms with E-state index >= 15 is 0 Å². The highest BCUT2D eigenvalue weighted by Gasteiger charge is 2.58. The zero-order valence-corrected chi connectivity index (χ0v) is 13.2. The predicted molar refractivity (Wildman–Crippen MR) is 77.8 cm³/mol. The molecule has 18 heavy (non-hydrogen) atoms. The van der Waals surface area contributed by atoms with E-state index in [0.29, 0.717) is 6.54 Å². The van der Waals surface area contributed by atoms with Crippen molar-refractivity contribution in [3.05, 3.63) is 0 Å². The van der Waals surface area contributed by atoms with Gasteiger partial charge in [-0.15, -0.1) is 0 Å². The van der Waals surface area contributed by atoms with Crippen molar-refractivity contribution in [3.8, 4) is 0 Å². The summed E-state index contributed by atoms with van der Waals surface area (Å²) in [6.45, 7) is 16.1. The van der Waals surface area contributed by atoms with Gasteiger partial charge < -0.3 is 10.5 Å². The van der Waals surface area contributed by atoms with E-state index in [2.05, 4.69) is 46.4 Å². The third-order valence-electron chi connectivity index (χ3n) is 4.30. The molecule has 1 saturated heterocycles. The molecule has 0 spiro atoms. The highest BCUT2D eigenvalue weighted by molar-refractivity contribution is 5.13. The minimum absolute atomic E-state index is 0.0253. The molecular formula is C15H32N2O. The van der Waals surface area contributed by atoms with Crippen molar-refractivity contribution in [3.63, 3.8) is 0 Å². The van der Waals surface area contributed by atoms with Gasteiger partial charge >= 0.3 is 0 Å². The van der Waals surface area contributed by atoms with Gasteiger partial charge in [-0.2, -0.15) is 0 Å². The molecular weight excluding hydrogens is 224 g/mol. The highest BCUT2D eigenvalue weighted by atomic mass is 16.5. The van der Waals surface area contributed by atoms with Crippen LogP contribution in [0.15, 0.2) is 0 Å². The number of nitrogens with two attached hydrogens (primary N) is 1. The zero-order chi connectivity index (χ0) is 14.0. The molecule has 0 aromatic heterocycles. The number of ether oxygens (including phenoxy) is 1. The minimum Gasteiger partial charge on any atom is -0.368 e. The van der Waals surface area contributed by atoms with Crippen molar-refractivity contribution >= 4 is 0 Å². The minimum atomic E-state index is -0.185. The van der Waals surface area contributed by atoms with Crippen LogP contribution in [0.3, 0.4) is 0 Å². The van der Waals surface area contributed by atoms with Gasteiger partial charge in [-0.1, -0.05) is 13.8 Å². The van der Waals surface area contributed by atoms with Crippen LogP contribution in [-0.2, 0) is 4.74 Å². The molecule has 1 rings (SSSR count). The van der Waals surface area contributed by atoms with Crippen molar-refractivity contribution in [1.29, 1.82) is 0 Å². The molecule has 1 heterocycles. The van der Waals surface area contributed by atoms with Gasteiger partial charge in [0.25, 0.3) is 0 Å². The van der Waals surface area contributed by atoms with Gasteiger partial charge in [-0.05, 0) is 60.0 Å². The van der Waals surface area contributed by atoms with Crippen LogP contribution >= 0.6 is 0 Å². The Hall–Kier alpha value is -0.120. The van der Waals surface area contributed by atoms with E-state index in [1.807, 2.05) is 0 Å². The van der Waals surface area contributed by atoms with E-state index in [-0.39, 0.29) is 16.7 Å². The van der Waals surface area contributed by atoms with Gasteiger partial charge in [0.1, 0.15) is 0 Å². The molecule has 0 radical (unpaired) electrons. The lowest BCUT2D eigenvalue weighted by molar-refractivity contribution is -0.104. The second-order valence-corrected chi connectivity index (χ2v) is 6.77. The summed E-state index contributed by atoms with van der Waals surface area (Å²) in [4.78, 5) is 2.57. The Kier molecular flexibility index (Phi) is 4.85. The fourth-order valence-corrected chi connectivity index (χ4v) is 3.76. The van der Waals surface area contributed by atoms with E-state index in [0.717, 1.165) is 32.4 Å². The lowest BCUT2D eigenvalue weighted by Gasteiger charge is -2.48. The summed E-state index contributed by atoms with van der Waals surface area (Å²) in [6, 6.07) is 0. The Morgan fingerprint density at radius 3 is 1.83 bits per heavy atom. The Labute approximate surface area is 113 Å². The van der Waals surface area contributed by atoms with Gasteiger partial charge in [0, 0.05) is 6.54 Å². The summed E-state index contributed by atoms with van der Waals surface area (Å²) in [5.41, 5.74) is 5.91. The summed E-state index contributed by atoms with van der Waals surface area (Å²) in [5.74, 6) is 0. The summed E-state index contributed by atoms with van der Waals surface area (Å²) in [6.07, 6.45) is 3.35. The quantitative estimate of drug-likeness (QED) is 0.794. The van der Waals surface area contributed by atoms with Gasteiger partial charge in [-0.25, -0.2) is 0 Å². The molecule has 0 saturated carbocycles. The molecule has 1 aliphatic heterocycles. The second-order valence-electron chi connectivity index (χ2n) is 6.77. The molecule has 1 atom stereocenters. The van der Waals surface area contributed by atoms with Crippen LogP contribution in [-0.4, -0.2) is 41.3 Å². The molecule has 1 unspecified atom stereocenters. The number of hydrogen-bond donors (Lipinski definition) is 1. The van der Waals surface area contributed by atoms with E-state index < -0.39 is 0 Å². The Morgan fingerprint density at radius 2 is 1.56 bits per heavy atom. The van der Waals surface area contributed by atoms with E-state index in [4.69, 9.17) is 10.5 Å². The molecule has 0 aliphatic carbocycles. The smallest absolute Gasteiger partial charge is 0.0830 e. The zero-order valence-electron chi connectivity index (χ0n) is 13.2. The van der Waals surface area contributed by atoms with Gasteiger partial charge in [0.2, 0.25) is 0 Å². The molecule has 0 aromatic rings. The fourth-order valence-electron chi connectivity index (χ4n) is 3.76. The lowest BCUT2D eigenvalue weighted by atomic mass is 9.77. The van der Waals surface area contributed by atoms with Crippen molar-refractivity contribution in [2.75, 3.05) is 19.6 Å². The maximum atomic E-state index is 6.29. The monoisotopic (exact) mass is 256 g/mol. The van der Waals surface area contributed by atoms with E-state index in [9.17, 15) is 0 Å². The summed E-state index contributed by atoms with van der Waals surface area (Å²) >= 11 is 0. The first-order chi connectivity index (χ1) is 8.24. The van der Waals surface area contributed by atoms with Crippen LogP contribution in [0.25, 0.3) is 0 Å². The molecule has 0 bridgehead atoms. The first-order valence-corrected chi connectivity index (χ1v) is 7.40. The predicted octanol–water partition coefficient (Wildman–Crippen LogP) is 2.78. The average molecular weight is 256 g/mol. The molecule has 3 nitrogen and oxygen atoms in total. The standard InChI is InChI=1S/C15H32N2O/c1-7-9-17(10-8-2)15(12-16)11-13(3,4)18-14(15,5)6/h7-12,16H2,1-6H3. The lowest BCUT2D eigenvalue weighted by Crippen LogP contribution is -2.63. The van der Waals surface area contributed by atoms with Gasteiger partial charge in [0.15, 0.2) is 0 Å². The van der Waals surface area contributed by atoms with E-state index in [1.165, 1.54) is 0 Å². The number of hydrogen-bond acceptors (Lipinski definition) is 3. The molecule has 0 aromatic carbocycles. The molecule has 108 valence electrons. The highest BCUT2D eigenvalue weighted by Crippen LogP contribution is 2.48. The average Bonchev–Trinajstić information content (AvgIpc) is 2.43. The SMILES string of the molecule is CCCN(CCC)C1(CN)CC(C)(C)OC1(C)C. The third kappa shape index (κ3) is 2.73. The van der Waals surface area contributed by atoms with Crippen molar-refractivity contribution in [2.45, 2.75) is 77.5 Å². The van der Waals surface area contributed by atoms with Crippen LogP contribution < -0.4 is 5.73 Å². The topological polar surface area (TPSA) is 38.5 Å². The van der Waals surface area contributed by atoms with Crippen LogP contribution in [0.4, 0.5) is 0 Å². The summed E-state index contributed by atoms with van der Waals surface area (Å²) in [7, 11) is 0. The van der Waals surface area contributed by atoms with E-state index in [1.54, 1.807) is 0 Å². The first-order valence-electron chi connectivity index (χ1n) is 7.40. The van der Waals surface area contributed by atoms with Crippen LogP contribution in [0.5, 0.6) is 0 Å². The summed E-state index contributed by atoms with van der Waals surface area (Å²) in [5, 5.41) is 0. The van der Waals surface area contributed by atoms with Crippen molar-refractivity contribution in [2.24, 2.45) is 5.73 Å². The Balaban J connectivity index is 3.09. The normalized spacial score (nSPS) is 30.0. The van der Waals surface area contributed by atoms with Crippen molar-refractivity contribution in [1.82, 2.24) is 4.90 Å². The molecule has 3 heteroatoms. The Morgan fingerprint density at radius 1 is 1.06 bits per heavy atom. The number of nitrogens with zero attached hydrogens (tertiary/aromatic N) is 1. The molecule has 2 N–H and O–H groups in total. The maximum absolute atomic E-state index is 6.29. The molecule has 1 fully saturated rings. The first kappa shape index (κ1) is 15.9. The van der Waals surface area contributed by atoms with Crippen LogP contribution in [0.1, 0.15) is 60.8 Å². The van der Waals surface area contributed by atoms with Crippen LogP contribution in [0, 0.1) is 0 Å². The fraction of sp³-hybridized carbons (Fsp3) is 1.00. The van der Waals surface area contributed by atoms with Gasteiger partial charge in [-0.3, -0.25) is 4.90 Å². The molecule has 1 aliphatic rings. The molecule has 0 amide bonds. The van der Waals surface area contributed by atoms with Crippen LogP contribution in [0.2, 0.25) is 0 Å². The third-order valence-corrected chi connectivity index (χ3v) is 4.30. The second kappa shape index (κ2) is 5.48.